The highest BCUT2D eigenvalue weighted by Crippen LogP contribution is 2.44. The first-order valence-electron chi connectivity index (χ1n) is 7.25. The van der Waals surface area contributed by atoms with Crippen molar-refractivity contribution in [2.24, 2.45) is 4.99 Å². The lowest BCUT2D eigenvalue weighted by atomic mass is 9.93. The highest BCUT2D eigenvalue weighted by atomic mass is 32.2. The number of carbonyl (C=O) groups excluding carboxylic acids is 1. The number of amides is 1. The number of allylic oxidation sites excluding steroid dienone is 1. The Morgan fingerprint density at radius 3 is 2.68 bits per heavy atom. The molecule has 4 rings (SSSR count). The Morgan fingerprint density at radius 1 is 1.27 bits per heavy atom. The third-order valence-corrected chi connectivity index (χ3v) is 4.97. The summed E-state index contributed by atoms with van der Waals surface area (Å²) in [6, 6.07) is 9.78. The van der Waals surface area contributed by atoms with Crippen molar-refractivity contribution >= 4 is 22.8 Å². The summed E-state index contributed by atoms with van der Waals surface area (Å²) in [5.41, 5.74) is 2.84. The summed E-state index contributed by atoms with van der Waals surface area (Å²) >= 11 is 1.49. The number of benzene rings is 1. The summed E-state index contributed by atoms with van der Waals surface area (Å²) in [6.07, 6.45) is -0.639. The Bertz CT molecular complexity index is 680. The number of aliphatic imine (C=N–C) groups is 1. The number of fused-ring (bicyclic) bond motifs is 1. The maximum atomic E-state index is 12.4. The van der Waals surface area contributed by atoms with Gasteiger partial charge in [0.05, 0.1) is 11.8 Å². The maximum absolute atomic E-state index is 12.4. The molecule has 114 valence electrons. The van der Waals surface area contributed by atoms with Crippen LogP contribution in [0.4, 0.5) is 0 Å². The lowest BCUT2D eigenvalue weighted by Gasteiger charge is -2.42. The van der Waals surface area contributed by atoms with Gasteiger partial charge in [-0.3, -0.25) is 9.69 Å². The van der Waals surface area contributed by atoms with Gasteiger partial charge in [-0.2, -0.15) is 0 Å². The molecule has 1 aromatic carbocycles. The number of thioether (sulfide) groups is 1. The molecule has 0 N–H and O–H groups in total. The number of rotatable bonds is 2. The molecule has 1 atom stereocenters. The predicted octanol–water partition coefficient (Wildman–Crippen LogP) is 2.67. The van der Waals surface area contributed by atoms with Crippen LogP contribution in [0.5, 0.6) is 0 Å². The van der Waals surface area contributed by atoms with Crippen molar-refractivity contribution in [3.05, 3.63) is 47.2 Å². The highest BCUT2D eigenvalue weighted by molar-refractivity contribution is 8.15. The van der Waals surface area contributed by atoms with Crippen LogP contribution >= 0.6 is 11.8 Å². The zero-order chi connectivity index (χ0) is 15.3. The molecule has 6 heteroatoms. The Hall–Kier alpha value is -1.63. The van der Waals surface area contributed by atoms with E-state index in [2.05, 4.69) is 4.99 Å². The van der Waals surface area contributed by atoms with Gasteiger partial charge in [-0.05, 0) is 19.4 Å². The average molecular weight is 316 g/mol. The molecule has 0 aliphatic carbocycles. The molecule has 3 heterocycles. The molecule has 1 aromatic rings. The summed E-state index contributed by atoms with van der Waals surface area (Å²) in [5.74, 6) is 0.515. The molecule has 2 fully saturated rings. The quantitative estimate of drug-likeness (QED) is 0.842. The van der Waals surface area contributed by atoms with Crippen LogP contribution in [0.2, 0.25) is 0 Å². The van der Waals surface area contributed by atoms with Gasteiger partial charge in [0.2, 0.25) is 5.91 Å². The number of hydrogen-bond donors (Lipinski definition) is 0. The van der Waals surface area contributed by atoms with Crippen molar-refractivity contribution in [3.8, 4) is 0 Å². The first-order valence-corrected chi connectivity index (χ1v) is 8.24. The van der Waals surface area contributed by atoms with Crippen LogP contribution in [-0.4, -0.2) is 34.3 Å². The molecule has 1 unspecified atom stereocenters. The minimum atomic E-state index is -0.427. The van der Waals surface area contributed by atoms with E-state index < -0.39 is 6.29 Å². The molecular weight excluding hydrogens is 300 g/mol. The fourth-order valence-corrected chi connectivity index (χ4v) is 3.97. The second-order valence-corrected chi connectivity index (χ2v) is 6.41. The van der Waals surface area contributed by atoms with E-state index in [1.165, 1.54) is 11.8 Å². The third-order valence-electron chi connectivity index (χ3n) is 4.03. The van der Waals surface area contributed by atoms with Crippen LogP contribution in [0.3, 0.4) is 0 Å². The van der Waals surface area contributed by atoms with Gasteiger partial charge >= 0.3 is 0 Å². The molecule has 0 saturated carbocycles. The molecule has 3 aliphatic rings. The van der Waals surface area contributed by atoms with E-state index in [0.717, 1.165) is 22.0 Å². The van der Waals surface area contributed by atoms with E-state index in [1.54, 1.807) is 4.90 Å². The monoisotopic (exact) mass is 316 g/mol. The SMILES string of the molecule is CC1=C(C2OC(C)O2)C(c2ccccc2)N2C(=O)CSC2=N1. The van der Waals surface area contributed by atoms with Crippen molar-refractivity contribution in [2.45, 2.75) is 32.5 Å². The third kappa shape index (κ3) is 2.10. The van der Waals surface area contributed by atoms with Crippen LogP contribution in [0.25, 0.3) is 0 Å². The summed E-state index contributed by atoms with van der Waals surface area (Å²) in [6.45, 7) is 3.81. The second-order valence-electron chi connectivity index (χ2n) is 5.47. The van der Waals surface area contributed by atoms with Crippen LogP contribution in [-0.2, 0) is 14.3 Å². The molecule has 0 spiro atoms. The maximum Gasteiger partial charge on any atom is 0.239 e. The van der Waals surface area contributed by atoms with Crippen LogP contribution < -0.4 is 0 Å². The highest BCUT2D eigenvalue weighted by Gasteiger charge is 2.46. The van der Waals surface area contributed by atoms with Crippen molar-refractivity contribution in [1.82, 2.24) is 4.90 Å². The predicted molar refractivity (Wildman–Crippen MR) is 84.0 cm³/mol. The molecule has 22 heavy (non-hydrogen) atoms. The first-order chi connectivity index (χ1) is 10.6. The number of hydrogen-bond acceptors (Lipinski definition) is 5. The van der Waals surface area contributed by atoms with Gasteiger partial charge in [-0.25, -0.2) is 4.99 Å². The van der Waals surface area contributed by atoms with Crippen molar-refractivity contribution < 1.29 is 14.3 Å². The van der Waals surface area contributed by atoms with Gasteiger partial charge in [0.25, 0.3) is 0 Å². The molecule has 5 nitrogen and oxygen atoms in total. The van der Waals surface area contributed by atoms with Crippen molar-refractivity contribution in [2.75, 3.05) is 5.75 Å². The molecule has 3 aliphatic heterocycles. The smallest absolute Gasteiger partial charge is 0.239 e. The Kier molecular flexibility index (Phi) is 3.32. The first kappa shape index (κ1) is 14.0. The summed E-state index contributed by atoms with van der Waals surface area (Å²) in [7, 11) is 0. The van der Waals surface area contributed by atoms with E-state index in [0.29, 0.717) is 5.75 Å². The second kappa shape index (κ2) is 5.22. The molecule has 1 amide bonds. The number of carbonyl (C=O) groups is 1. The number of ether oxygens (including phenoxy) is 2. The molecule has 2 saturated heterocycles. The van der Waals surface area contributed by atoms with Crippen LogP contribution in [0, 0.1) is 0 Å². The Balaban J connectivity index is 1.82. The standard InChI is InChI=1S/C16H16N2O3S/c1-9-13(15-20-10(2)21-15)14(11-6-4-3-5-7-11)18-12(19)8-22-16(18)17-9/h3-7,10,14-15H,8H2,1-2H3. The van der Waals surface area contributed by atoms with Gasteiger partial charge in [-0.1, -0.05) is 42.1 Å². The van der Waals surface area contributed by atoms with Crippen LogP contribution in [0.1, 0.15) is 25.5 Å². The number of nitrogens with zero attached hydrogens (tertiary/aromatic N) is 2. The van der Waals surface area contributed by atoms with E-state index in [1.807, 2.05) is 44.2 Å². The van der Waals surface area contributed by atoms with Crippen LogP contribution in [0.15, 0.2) is 46.6 Å². The fraction of sp³-hybridized carbons (Fsp3) is 0.375. The summed E-state index contributed by atoms with van der Waals surface area (Å²) < 4.78 is 11.4. The minimum absolute atomic E-state index is 0.0787. The van der Waals surface area contributed by atoms with E-state index >= 15 is 0 Å². The lowest BCUT2D eigenvalue weighted by molar-refractivity contribution is -0.361. The summed E-state index contributed by atoms with van der Waals surface area (Å²) in [5, 5.41) is 0.771. The minimum Gasteiger partial charge on any atom is -0.320 e. The Labute approximate surface area is 133 Å². The molecule has 0 aromatic heterocycles. The van der Waals surface area contributed by atoms with Gasteiger partial charge in [0, 0.05) is 11.3 Å². The molecular formula is C16H16N2O3S. The molecule has 0 radical (unpaired) electrons. The molecule has 0 bridgehead atoms. The fourth-order valence-electron chi connectivity index (χ4n) is 3.03. The topological polar surface area (TPSA) is 51.1 Å². The van der Waals surface area contributed by atoms with Gasteiger partial charge in [0.1, 0.15) is 0 Å². The normalized spacial score (nSPS) is 31.0. The van der Waals surface area contributed by atoms with Gasteiger partial charge in [0.15, 0.2) is 17.7 Å². The van der Waals surface area contributed by atoms with E-state index in [9.17, 15) is 4.79 Å². The lowest BCUT2D eigenvalue weighted by Crippen LogP contribution is -2.47. The number of amidine groups is 1. The van der Waals surface area contributed by atoms with Gasteiger partial charge in [-0.15, -0.1) is 0 Å². The Morgan fingerprint density at radius 2 is 2.00 bits per heavy atom. The largest absolute Gasteiger partial charge is 0.320 e. The average Bonchev–Trinajstić information content (AvgIpc) is 2.85. The van der Waals surface area contributed by atoms with Gasteiger partial charge < -0.3 is 9.47 Å². The summed E-state index contributed by atoms with van der Waals surface area (Å²) in [4.78, 5) is 18.7. The van der Waals surface area contributed by atoms with E-state index in [4.69, 9.17) is 9.47 Å². The zero-order valence-electron chi connectivity index (χ0n) is 12.4. The van der Waals surface area contributed by atoms with Crippen molar-refractivity contribution in [3.63, 3.8) is 0 Å². The van der Waals surface area contributed by atoms with Crippen molar-refractivity contribution in [1.29, 1.82) is 0 Å². The zero-order valence-corrected chi connectivity index (χ0v) is 13.2. The van der Waals surface area contributed by atoms with E-state index in [-0.39, 0.29) is 18.2 Å².